The molecule has 2 heterocycles. The minimum absolute atomic E-state index is 0.247. The van der Waals surface area contributed by atoms with Gasteiger partial charge >= 0.3 is 0 Å². The first-order valence-electron chi connectivity index (χ1n) is 10.6. The van der Waals surface area contributed by atoms with Crippen LogP contribution in [-0.2, 0) is 0 Å². The molecule has 0 spiro atoms. The molecule has 0 saturated heterocycles. The average Bonchev–Trinajstić information content (AvgIpc) is 3.21. The lowest BCUT2D eigenvalue weighted by atomic mass is 10.2. The van der Waals surface area contributed by atoms with Crippen molar-refractivity contribution in [3.8, 4) is 0 Å². The average molecular weight is 422 g/mol. The molecular weight excluding hydrogens is 393 g/mol. The number of hydrogen-bond acceptors (Lipinski definition) is 6. The SMILES string of the molecule is CCN(CCNC)c1ccc(Nc2ncc3ccc4ncn(C(C)C)c4c3n2)c(F)c1. The number of anilines is 3. The molecule has 0 aliphatic carbocycles. The number of likely N-dealkylation sites (N-methyl/N-ethyl adjacent to an activating group) is 2. The molecule has 0 aliphatic rings. The highest BCUT2D eigenvalue weighted by Crippen LogP contribution is 2.28. The number of benzene rings is 2. The Bertz CT molecular complexity index is 1200. The molecule has 2 aromatic carbocycles. The van der Waals surface area contributed by atoms with Crippen molar-refractivity contribution in [2.24, 2.45) is 0 Å². The second-order valence-corrected chi connectivity index (χ2v) is 7.78. The van der Waals surface area contributed by atoms with Gasteiger partial charge in [-0.2, -0.15) is 0 Å². The zero-order valence-electron chi connectivity index (χ0n) is 18.4. The second kappa shape index (κ2) is 8.85. The van der Waals surface area contributed by atoms with Crippen LogP contribution in [0.25, 0.3) is 21.9 Å². The van der Waals surface area contributed by atoms with E-state index in [9.17, 15) is 4.39 Å². The third kappa shape index (κ3) is 4.16. The van der Waals surface area contributed by atoms with Crippen LogP contribution in [0.3, 0.4) is 0 Å². The highest BCUT2D eigenvalue weighted by molar-refractivity contribution is 6.02. The largest absolute Gasteiger partial charge is 0.370 e. The Balaban J connectivity index is 1.67. The Morgan fingerprint density at radius 2 is 2.00 bits per heavy atom. The number of fused-ring (bicyclic) bond motifs is 3. The van der Waals surface area contributed by atoms with E-state index in [0.717, 1.165) is 47.3 Å². The van der Waals surface area contributed by atoms with Gasteiger partial charge in [-0.3, -0.25) is 0 Å². The smallest absolute Gasteiger partial charge is 0.227 e. The van der Waals surface area contributed by atoms with E-state index in [2.05, 4.69) is 50.8 Å². The minimum atomic E-state index is -0.338. The van der Waals surface area contributed by atoms with Crippen LogP contribution in [0.15, 0.2) is 42.9 Å². The molecule has 31 heavy (non-hydrogen) atoms. The van der Waals surface area contributed by atoms with Gasteiger partial charge in [0, 0.05) is 42.9 Å². The van der Waals surface area contributed by atoms with Crippen molar-refractivity contribution < 1.29 is 4.39 Å². The van der Waals surface area contributed by atoms with E-state index in [1.165, 1.54) is 0 Å². The molecule has 0 unspecified atom stereocenters. The Labute approximate surface area is 181 Å². The predicted molar refractivity (Wildman–Crippen MR) is 125 cm³/mol. The van der Waals surface area contributed by atoms with Crippen LogP contribution in [0, 0.1) is 5.82 Å². The summed E-state index contributed by atoms with van der Waals surface area (Å²) in [7, 11) is 1.91. The molecule has 4 rings (SSSR count). The molecule has 2 N–H and O–H groups in total. The van der Waals surface area contributed by atoms with E-state index in [1.807, 2.05) is 31.6 Å². The maximum Gasteiger partial charge on any atom is 0.227 e. The van der Waals surface area contributed by atoms with Crippen molar-refractivity contribution in [1.82, 2.24) is 24.8 Å². The molecule has 0 atom stereocenters. The zero-order chi connectivity index (χ0) is 22.0. The topological polar surface area (TPSA) is 70.9 Å². The van der Waals surface area contributed by atoms with Gasteiger partial charge in [-0.05, 0) is 58.2 Å². The lowest BCUT2D eigenvalue weighted by Gasteiger charge is -2.23. The van der Waals surface area contributed by atoms with E-state index < -0.39 is 0 Å². The molecular formula is C23H28FN7. The Morgan fingerprint density at radius 1 is 1.16 bits per heavy atom. The fourth-order valence-electron chi connectivity index (χ4n) is 3.70. The predicted octanol–water partition coefficient (Wildman–Crippen LogP) is 4.49. The van der Waals surface area contributed by atoms with E-state index >= 15 is 0 Å². The van der Waals surface area contributed by atoms with Gasteiger partial charge < -0.3 is 20.1 Å². The molecule has 0 amide bonds. The van der Waals surface area contributed by atoms with Crippen LogP contribution in [0.1, 0.15) is 26.8 Å². The first kappa shape index (κ1) is 21.0. The molecule has 0 saturated carbocycles. The molecule has 0 bridgehead atoms. The molecule has 4 aromatic rings. The van der Waals surface area contributed by atoms with Crippen LogP contribution >= 0.6 is 0 Å². The lowest BCUT2D eigenvalue weighted by Crippen LogP contribution is -2.30. The third-order valence-corrected chi connectivity index (χ3v) is 5.42. The number of rotatable bonds is 8. The molecule has 0 radical (unpaired) electrons. The third-order valence-electron chi connectivity index (χ3n) is 5.42. The maximum absolute atomic E-state index is 14.9. The summed E-state index contributed by atoms with van der Waals surface area (Å²) in [4.78, 5) is 15.7. The van der Waals surface area contributed by atoms with Crippen LogP contribution in [0.5, 0.6) is 0 Å². The first-order chi connectivity index (χ1) is 15.0. The van der Waals surface area contributed by atoms with Crippen molar-refractivity contribution in [1.29, 1.82) is 0 Å². The summed E-state index contributed by atoms with van der Waals surface area (Å²) in [5, 5.41) is 7.08. The van der Waals surface area contributed by atoms with Gasteiger partial charge in [-0.25, -0.2) is 19.3 Å². The Morgan fingerprint density at radius 3 is 2.71 bits per heavy atom. The second-order valence-electron chi connectivity index (χ2n) is 7.78. The van der Waals surface area contributed by atoms with Gasteiger partial charge in [0.1, 0.15) is 11.3 Å². The quantitative estimate of drug-likeness (QED) is 0.437. The fraction of sp³-hybridized carbons (Fsp3) is 0.348. The highest BCUT2D eigenvalue weighted by atomic mass is 19.1. The van der Waals surface area contributed by atoms with Crippen LogP contribution in [-0.4, -0.2) is 46.2 Å². The number of nitrogens with one attached hydrogen (secondary N) is 2. The van der Waals surface area contributed by atoms with Crippen LogP contribution in [0.2, 0.25) is 0 Å². The summed E-state index contributed by atoms with van der Waals surface area (Å²) < 4.78 is 17.0. The van der Waals surface area contributed by atoms with Crippen molar-refractivity contribution in [3.63, 3.8) is 0 Å². The van der Waals surface area contributed by atoms with Crippen molar-refractivity contribution in [2.45, 2.75) is 26.8 Å². The van der Waals surface area contributed by atoms with Gasteiger partial charge in [0.2, 0.25) is 5.95 Å². The standard InChI is InChI=1S/C23H28FN7/c1-5-30(11-10-25-4)17-7-9-19(18(24)12-17)28-23-26-13-16-6-8-20-22(21(16)29-23)31(14-27-20)15(2)3/h6-9,12-15,25H,5,10-11H2,1-4H3,(H,26,28,29). The highest BCUT2D eigenvalue weighted by Gasteiger charge is 2.13. The Kier molecular flexibility index (Phi) is 5.99. The van der Waals surface area contributed by atoms with Gasteiger partial charge in [-0.15, -0.1) is 0 Å². The minimum Gasteiger partial charge on any atom is -0.370 e. The van der Waals surface area contributed by atoms with Gasteiger partial charge in [0.15, 0.2) is 0 Å². The lowest BCUT2D eigenvalue weighted by molar-refractivity contribution is 0.618. The van der Waals surface area contributed by atoms with Crippen molar-refractivity contribution in [3.05, 3.63) is 48.7 Å². The molecule has 0 aliphatic heterocycles. The molecule has 7 nitrogen and oxygen atoms in total. The summed E-state index contributed by atoms with van der Waals surface area (Å²) in [6.45, 7) is 8.72. The summed E-state index contributed by atoms with van der Waals surface area (Å²) >= 11 is 0. The van der Waals surface area contributed by atoms with Crippen molar-refractivity contribution >= 4 is 39.3 Å². The molecule has 8 heteroatoms. The van der Waals surface area contributed by atoms with Gasteiger partial charge in [0.05, 0.1) is 23.0 Å². The van der Waals surface area contributed by atoms with E-state index in [0.29, 0.717) is 11.6 Å². The van der Waals surface area contributed by atoms with E-state index in [-0.39, 0.29) is 11.9 Å². The summed E-state index contributed by atoms with van der Waals surface area (Å²) in [5.41, 5.74) is 3.82. The maximum atomic E-state index is 14.9. The fourth-order valence-corrected chi connectivity index (χ4v) is 3.70. The normalized spacial score (nSPS) is 11.5. The molecule has 2 aromatic heterocycles. The van der Waals surface area contributed by atoms with Crippen LogP contribution < -0.4 is 15.5 Å². The molecule has 162 valence electrons. The zero-order valence-corrected chi connectivity index (χ0v) is 18.4. The first-order valence-corrected chi connectivity index (χ1v) is 10.6. The number of nitrogens with zero attached hydrogens (tertiary/aromatic N) is 5. The number of aromatic nitrogens is 4. The van der Waals surface area contributed by atoms with Gasteiger partial charge in [0.25, 0.3) is 0 Å². The number of hydrogen-bond donors (Lipinski definition) is 2. The van der Waals surface area contributed by atoms with Gasteiger partial charge in [-0.1, -0.05) is 0 Å². The molecule has 0 fully saturated rings. The summed E-state index contributed by atoms with van der Waals surface area (Å²) in [6, 6.07) is 9.38. The van der Waals surface area contributed by atoms with E-state index in [1.54, 1.807) is 18.3 Å². The summed E-state index contributed by atoms with van der Waals surface area (Å²) in [5.74, 6) is 0.0141. The number of imidazole rings is 1. The van der Waals surface area contributed by atoms with Crippen molar-refractivity contribution in [2.75, 3.05) is 36.9 Å². The monoisotopic (exact) mass is 421 g/mol. The number of halogens is 1. The van der Waals surface area contributed by atoms with E-state index in [4.69, 9.17) is 4.98 Å². The Hall–Kier alpha value is -3.26. The summed E-state index contributed by atoms with van der Waals surface area (Å²) in [6.07, 6.45) is 3.58. The van der Waals surface area contributed by atoms with Crippen LogP contribution in [0.4, 0.5) is 21.7 Å².